The van der Waals surface area contributed by atoms with Crippen molar-refractivity contribution in [3.05, 3.63) is 0 Å². The summed E-state index contributed by atoms with van der Waals surface area (Å²) >= 11 is 0. The molecule has 1 saturated heterocycles. The first-order valence-corrected chi connectivity index (χ1v) is 3.82. The predicted molar refractivity (Wildman–Crippen MR) is 41.2 cm³/mol. The molecule has 0 aromatic heterocycles. The van der Waals surface area contributed by atoms with Crippen molar-refractivity contribution in [3.8, 4) is 0 Å². The number of ether oxygens (including phenoxy) is 1. The molecule has 3 heteroatoms. The zero-order valence-corrected chi connectivity index (χ0v) is 6.74. The second-order valence-corrected chi connectivity index (χ2v) is 2.75. The Morgan fingerprint density at radius 1 is 1.60 bits per heavy atom. The largest absolute Gasteiger partial charge is 0.371 e. The fraction of sp³-hybridized carbons (Fsp3) is 1.00. The van der Waals surface area contributed by atoms with Crippen LogP contribution in [0.2, 0.25) is 0 Å². The minimum atomic E-state index is 0.101. The van der Waals surface area contributed by atoms with Crippen LogP contribution in [0.4, 0.5) is 0 Å². The van der Waals surface area contributed by atoms with Gasteiger partial charge >= 0.3 is 0 Å². The van der Waals surface area contributed by atoms with Gasteiger partial charge in [-0.15, -0.1) is 0 Å². The first kappa shape index (κ1) is 7.98. The quantitative estimate of drug-likeness (QED) is 0.562. The molecule has 1 rings (SSSR count). The molecule has 1 aliphatic rings. The molecule has 0 radical (unpaired) electrons. The Labute approximate surface area is 62.1 Å². The van der Waals surface area contributed by atoms with Crippen LogP contribution in [0.15, 0.2) is 0 Å². The lowest BCUT2D eigenvalue weighted by Gasteiger charge is -2.42. The van der Waals surface area contributed by atoms with Crippen molar-refractivity contribution in [2.75, 3.05) is 33.3 Å². The Morgan fingerprint density at radius 2 is 2.30 bits per heavy atom. The average Bonchev–Trinajstić information content (AvgIpc) is 1.84. The maximum atomic E-state index is 5.58. The van der Waals surface area contributed by atoms with Crippen LogP contribution in [0, 0.1) is 0 Å². The third kappa shape index (κ3) is 1.48. The van der Waals surface area contributed by atoms with Gasteiger partial charge in [0.05, 0.1) is 0 Å². The Morgan fingerprint density at radius 3 is 2.60 bits per heavy atom. The molecule has 0 bridgehead atoms. The van der Waals surface area contributed by atoms with E-state index in [4.69, 9.17) is 4.74 Å². The van der Waals surface area contributed by atoms with E-state index in [1.165, 1.54) is 0 Å². The Hall–Kier alpha value is -0.120. The van der Waals surface area contributed by atoms with Crippen molar-refractivity contribution in [1.29, 1.82) is 0 Å². The van der Waals surface area contributed by atoms with Crippen LogP contribution in [-0.2, 0) is 4.74 Å². The smallest absolute Gasteiger partial charge is 0.105 e. The molecule has 0 atom stereocenters. The Balaban J connectivity index is 2.27. The van der Waals surface area contributed by atoms with Gasteiger partial charge in [0, 0.05) is 26.2 Å². The van der Waals surface area contributed by atoms with Crippen molar-refractivity contribution < 1.29 is 4.74 Å². The van der Waals surface area contributed by atoms with Gasteiger partial charge in [-0.05, 0) is 14.0 Å². The molecule has 2 N–H and O–H groups in total. The fourth-order valence-corrected chi connectivity index (χ4v) is 1.31. The van der Waals surface area contributed by atoms with Crippen LogP contribution in [-0.4, -0.2) is 38.9 Å². The third-order valence-corrected chi connectivity index (χ3v) is 1.84. The van der Waals surface area contributed by atoms with E-state index in [1.807, 2.05) is 14.0 Å². The highest BCUT2D eigenvalue weighted by molar-refractivity contribution is 4.96. The van der Waals surface area contributed by atoms with E-state index in [-0.39, 0.29) is 5.60 Å². The molecule has 3 nitrogen and oxygen atoms in total. The summed E-state index contributed by atoms with van der Waals surface area (Å²) in [6.45, 7) is 5.77. The van der Waals surface area contributed by atoms with Crippen molar-refractivity contribution >= 4 is 0 Å². The molecular formula is C7H16N2O. The van der Waals surface area contributed by atoms with Crippen molar-refractivity contribution in [3.63, 3.8) is 0 Å². The fourth-order valence-electron chi connectivity index (χ4n) is 1.31. The number of nitrogens with one attached hydrogen (secondary N) is 2. The molecule has 0 spiro atoms. The Kier molecular flexibility index (Phi) is 2.65. The highest BCUT2D eigenvalue weighted by Crippen LogP contribution is 2.14. The maximum Gasteiger partial charge on any atom is 0.105 e. The molecule has 10 heavy (non-hydrogen) atoms. The first-order chi connectivity index (χ1) is 4.83. The molecular weight excluding hydrogens is 128 g/mol. The van der Waals surface area contributed by atoms with Gasteiger partial charge in [0.15, 0.2) is 0 Å². The molecule has 1 fully saturated rings. The van der Waals surface area contributed by atoms with Crippen LogP contribution >= 0.6 is 0 Å². The van der Waals surface area contributed by atoms with Crippen LogP contribution in [0.25, 0.3) is 0 Å². The van der Waals surface area contributed by atoms with E-state index in [9.17, 15) is 0 Å². The number of hydrogen-bond acceptors (Lipinski definition) is 3. The SMILES string of the molecule is CCOC1(CNC)CNC1. The molecule has 0 unspecified atom stereocenters. The lowest BCUT2D eigenvalue weighted by Crippen LogP contribution is -2.65. The molecule has 0 saturated carbocycles. The summed E-state index contributed by atoms with van der Waals surface area (Å²) in [5.41, 5.74) is 0.101. The first-order valence-electron chi connectivity index (χ1n) is 3.82. The van der Waals surface area contributed by atoms with Gasteiger partial charge in [0.1, 0.15) is 5.60 Å². The molecule has 0 aromatic carbocycles. The Bertz CT molecular complexity index is 93.8. The minimum absolute atomic E-state index is 0.101. The maximum absolute atomic E-state index is 5.58. The van der Waals surface area contributed by atoms with Crippen LogP contribution in [0.5, 0.6) is 0 Å². The van der Waals surface area contributed by atoms with Crippen LogP contribution in [0.1, 0.15) is 6.92 Å². The molecule has 0 amide bonds. The van der Waals surface area contributed by atoms with E-state index in [2.05, 4.69) is 10.6 Å². The van der Waals surface area contributed by atoms with Gasteiger partial charge in [-0.3, -0.25) is 0 Å². The average molecular weight is 144 g/mol. The summed E-state index contributed by atoms with van der Waals surface area (Å²) in [5, 5.41) is 6.34. The lowest BCUT2D eigenvalue weighted by atomic mass is 9.97. The summed E-state index contributed by atoms with van der Waals surface area (Å²) in [5.74, 6) is 0. The van der Waals surface area contributed by atoms with Gasteiger partial charge < -0.3 is 15.4 Å². The van der Waals surface area contributed by atoms with Crippen LogP contribution < -0.4 is 10.6 Å². The highest BCUT2D eigenvalue weighted by Gasteiger charge is 2.36. The van der Waals surface area contributed by atoms with E-state index in [1.54, 1.807) is 0 Å². The highest BCUT2D eigenvalue weighted by atomic mass is 16.5. The minimum Gasteiger partial charge on any atom is -0.371 e. The number of hydrogen-bond donors (Lipinski definition) is 2. The standard InChI is InChI=1S/C7H16N2O/c1-3-10-7(4-8-2)5-9-6-7/h8-9H,3-6H2,1-2H3. The predicted octanol–water partition coefficient (Wildman–Crippen LogP) is -0.416. The molecule has 1 aliphatic heterocycles. The zero-order valence-electron chi connectivity index (χ0n) is 6.74. The number of rotatable bonds is 4. The topological polar surface area (TPSA) is 33.3 Å². The second-order valence-electron chi connectivity index (χ2n) is 2.75. The summed E-state index contributed by atoms with van der Waals surface area (Å²) < 4.78 is 5.58. The summed E-state index contributed by atoms with van der Waals surface area (Å²) in [6, 6.07) is 0. The van der Waals surface area contributed by atoms with Gasteiger partial charge in [-0.25, -0.2) is 0 Å². The molecule has 0 aromatic rings. The van der Waals surface area contributed by atoms with Crippen LogP contribution in [0.3, 0.4) is 0 Å². The van der Waals surface area contributed by atoms with Crippen molar-refractivity contribution in [2.45, 2.75) is 12.5 Å². The van der Waals surface area contributed by atoms with Gasteiger partial charge in [-0.1, -0.05) is 0 Å². The number of likely N-dealkylation sites (N-methyl/N-ethyl adjacent to an activating group) is 1. The van der Waals surface area contributed by atoms with Crippen molar-refractivity contribution in [1.82, 2.24) is 10.6 Å². The summed E-state index contributed by atoms with van der Waals surface area (Å²) in [6.07, 6.45) is 0. The van der Waals surface area contributed by atoms with Gasteiger partial charge in [0.2, 0.25) is 0 Å². The normalized spacial score (nSPS) is 22.2. The molecule has 60 valence electrons. The van der Waals surface area contributed by atoms with Gasteiger partial charge in [-0.2, -0.15) is 0 Å². The summed E-state index contributed by atoms with van der Waals surface area (Å²) in [7, 11) is 1.96. The van der Waals surface area contributed by atoms with Crippen molar-refractivity contribution in [2.24, 2.45) is 0 Å². The summed E-state index contributed by atoms with van der Waals surface area (Å²) in [4.78, 5) is 0. The third-order valence-electron chi connectivity index (χ3n) is 1.84. The lowest BCUT2D eigenvalue weighted by molar-refractivity contribution is -0.0722. The molecule has 1 heterocycles. The second kappa shape index (κ2) is 3.32. The van der Waals surface area contributed by atoms with E-state index < -0.39 is 0 Å². The van der Waals surface area contributed by atoms with E-state index >= 15 is 0 Å². The van der Waals surface area contributed by atoms with Gasteiger partial charge in [0.25, 0.3) is 0 Å². The van der Waals surface area contributed by atoms with E-state index in [0.717, 1.165) is 26.2 Å². The molecule has 0 aliphatic carbocycles. The zero-order chi connectivity index (χ0) is 7.45. The van der Waals surface area contributed by atoms with E-state index in [0.29, 0.717) is 0 Å². The monoisotopic (exact) mass is 144 g/mol.